The number of imide groups is 1. The van der Waals surface area contributed by atoms with Crippen LogP contribution >= 0.6 is 0 Å². The first-order chi connectivity index (χ1) is 10.8. The van der Waals surface area contributed by atoms with Crippen LogP contribution in [0.5, 0.6) is 0 Å². The lowest BCUT2D eigenvalue weighted by Gasteiger charge is -2.25. The van der Waals surface area contributed by atoms with Crippen molar-refractivity contribution >= 4 is 55.0 Å². The van der Waals surface area contributed by atoms with Crippen LogP contribution in [0, 0.1) is 6.92 Å². The standard InChI is InChI=1S/C14H12B2N4O3/c1-5-18-12-7(16)4-6(15)11(17)10(12)14(23)20(5)8-2-3-9(21)19-13(8)22/h4,8H,2-3,17H2,1H3,(H,19,21,22). The number of nitrogens with zero attached hydrogens (tertiary/aromatic N) is 2. The van der Waals surface area contributed by atoms with Gasteiger partial charge in [0.1, 0.15) is 27.6 Å². The molecule has 9 heteroatoms. The number of rotatable bonds is 1. The van der Waals surface area contributed by atoms with Gasteiger partial charge in [0.2, 0.25) is 11.8 Å². The predicted molar refractivity (Wildman–Crippen MR) is 87.3 cm³/mol. The zero-order valence-corrected chi connectivity index (χ0v) is 12.4. The summed E-state index contributed by atoms with van der Waals surface area (Å²) in [6.45, 7) is 1.59. The lowest BCUT2D eigenvalue weighted by Crippen LogP contribution is -2.45. The highest BCUT2D eigenvalue weighted by molar-refractivity contribution is 6.45. The smallest absolute Gasteiger partial charge is 0.264 e. The Bertz CT molecular complexity index is 923. The number of carbonyl (C=O) groups excluding carboxylic acids is 2. The van der Waals surface area contributed by atoms with E-state index >= 15 is 0 Å². The van der Waals surface area contributed by atoms with Gasteiger partial charge in [-0.15, -0.1) is 0 Å². The number of hydrogen-bond acceptors (Lipinski definition) is 5. The molecule has 0 saturated carbocycles. The molecule has 7 nitrogen and oxygen atoms in total. The van der Waals surface area contributed by atoms with Gasteiger partial charge in [-0.1, -0.05) is 17.0 Å². The number of nitrogen functional groups attached to an aromatic ring is 1. The Labute approximate surface area is 134 Å². The first-order valence-corrected chi connectivity index (χ1v) is 7.01. The maximum Gasteiger partial charge on any atom is 0.264 e. The highest BCUT2D eigenvalue weighted by Crippen LogP contribution is 2.20. The molecule has 0 aliphatic carbocycles. The number of benzene rings is 1. The third-order valence-corrected chi connectivity index (χ3v) is 3.98. The molecule has 3 N–H and O–H groups in total. The fourth-order valence-electron chi connectivity index (χ4n) is 2.85. The van der Waals surface area contributed by atoms with Gasteiger partial charge in [-0.25, -0.2) is 4.98 Å². The van der Waals surface area contributed by atoms with Gasteiger partial charge in [-0.3, -0.25) is 24.3 Å². The summed E-state index contributed by atoms with van der Waals surface area (Å²) >= 11 is 0. The SMILES string of the molecule is [B]c1cc([B])c2nc(C)n(C3CCC(=O)NC3=O)c(=O)c2c1N. The van der Waals surface area contributed by atoms with Gasteiger partial charge in [0, 0.05) is 12.1 Å². The van der Waals surface area contributed by atoms with Crippen molar-refractivity contribution in [3.05, 3.63) is 22.2 Å². The molecule has 1 aromatic carbocycles. The van der Waals surface area contributed by atoms with E-state index in [4.69, 9.17) is 21.4 Å². The van der Waals surface area contributed by atoms with E-state index < -0.39 is 17.5 Å². The average molecular weight is 306 g/mol. The summed E-state index contributed by atoms with van der Waals surface area (Å²) in [6.07, 6.45) is 0.366. The number of aryl methyl sites for hydroxylation is 1. The van der Waals surface area contributed by atoms with Crippen LogP contribution in [0.1, 0.15) is 24.7 Å². The number of carbonyl (C=O) groups is 2. The zero-order valence-electron chi connectivity index (χ0n) is 12.4. The normalized spacial score (nSPS) is 18.2. The van der Waals surface area contributed by atoms with Crippen LogP contribution in [0.15, 0.2) is 10.9 Å². The minimum Gasteiger partial charge on any atom is -0.398 e. The van der Waals surface area contributed by atoms with Crippen molar-refractivity contribution in [1.82, 2.24) is 14.9 Å². The van der Waals surface area contributed by atoms with Gasteiger partial charge in [0.15, 0.2) is 0 Å². The number of piperidine rings is 1. The summed E-state index contributed by atoms with van der Waals surface area (Å²) in [6, 6.07) is 0.624. The van der Waals surface area contributed by atoms with Crippen molar-refractivity contribution in [2.45, 2.75) is 25.8 Å². The summed E-state index contributed by atoms with van der Waals surface area (Å²) in [4.78, 5) is 40.5. The highest BCUT2D eigenvalue weighted by Gasteiger charge is 2.30. The van der Waals surface area contributed by atoms with Gasteiger partial charge in [0.25, 0.3) is 5.56 Å². The van der Waals surface area contributed by atoms with Crippen molar-refractivity contribution in [2.75, 3.05) is 5.73 Å². The molecule has 1 aliphatic rings. The second-order valence-corrected chi connectivity index (χ2v) is 5.49. The predicted octanol–water partition coefficient (Wildman–Crippen LogP) is -2.15. The molecule has 1 unspecified atom stereocenters. The molecule has 112 valence electrons. The van der Waals surface area contributed by atoms with E-state index in [0.29, 0.717) is 5.82 Å². The van der Waals surface area contributed by atoms with Crippen molar-refractivity contribution in [3.8, 4) is 0 Å². The summed E-state index contributed by atoms with van der Waals surface area (Å²) in [7, 11) is 11.6. The molecule has 2 aromatic rings. The number of nitrogens with one attached hydrogen (secondary N) is 1. The largest absolute Gasteiger partial charge is 0.398 e. The molecular formula is C14H12B2N4O3. The first kappa shape index (κ1) is 15.3. The molecule has 1 fully saturated rings. The number of hydrogen-bond donors (Lipinski definition) is 2. The third-order valence-electron chi connectivity index (χ3n) is 3.98. The van der Waals surface area contributed by atoms with Gasteiger partial charge in [0.05, 0.1) is 10.9 Å². The minimum atomic E-state index is -0.820. The van der Waals surface area contributed by atoms with Crippen molar-refractivity contribution in [1.29, 1.82) is 0 Å². The minimum absolute atomic E-state index is 0.0766. The Morgan fingerprint density at radius 1 is 1.30 bits per heavy atom. The topological polar surface area (TPSA) is 107 Å². The Balaban J connectivity index is 2.31. The molecule has 2 heterocycles. The van der Waals surface area contributed by atoms with Crippen molar-refractivity contribution in [3.63, 3.8) is 0 Å². The molecular weight excluding hydrogens is 294 g/mol. The van der Waals surface area contributed by atoms with E-state index in [2.05, 4.69) is 10.3 Å². The second kappa shape index (κ2) is 5.26. The Hall–Kier alpha value is -2.57. The molecule has 1 aromatic heterocycles. The van der Waals surface area contributed by atoms with Crippen LogP contribution in [0.3, 0.4) is 0 Å². The van der Waals surface area contributed by atoms with E-state index in [1.807, 2.05) is 0 Å². The van der Waals surface area contributed by atoms with Gasteiger partial charge >= 0.3 is 0 Å². The van der Waals surface area contributed by atoms with Gasteiger partial charge in [-0.05, 0) is 13.3 Å². The van der Waals surface area contributed by atoms with Crippen LogP contribution in [0.25, 0.3) is 10.9 Å². The first-order valence-electron chi connectivity index (χ1n) is 7.01. The summed E-state index contributed by atoms with van der Waals surface area (Å²) in [5.41, 5.74) is 6.14. The van der Waals surface area contributed by atoms with Crippen molar-refractivity contribution < 1.29 is 9.59 Å². The van der Waals surface area contributed by atoms with Crippen LogP contribution in [-0.4, -0.2) is 37.1 Å². The van der Waals surface area contributed by atoms with E-state index in [0.717, 1.165) is 0 Å². The third kappa shape index (κ3) is 2.32. The molecule has 2 amide bonds. The molecule has 3 rings (SSSR count). The molecule has 1 aliphatic heterocycles. The summed E-state index contributed by atoms with van der Waals surface area (Å²) in [5.74, 6) is -0.588. The number of nitrogens with two attached hydrogens (primary N) is 1. The Kier molecular flexibility index (Phi) is 3.50. The lowest BCUT2D eigenvalue weighted by molar-refractivity contribution is -0.135. The molecule has 4 radical (unpaired) electrons. The quantitative estimate of drug-likeness (QED) is 0.355. The van der Waals surface area contributed by atoms with Crippen LogP contribution in [0.2, 0.25) is 0 Å². The molecule has 1 atom stereocenters. The fourth-order valence-corrected chi connectivity index (χ4v) is 2.85. The summed E-state index contributed by atoms with van der Waals surface area (Å²) in [5, 5.41) is 2.30. The number of amides is 2. The molecule has 0 spiro atoms. The lowest BCUT2D eigenvalue weighted by atomic mass is 9.83. The van der Waals surface area contributed by atoms with Crippen LogP contribution in [0.4, 0.5) is 5.69 Å². The number of fused-ring (bicyclic) bond motifs is 1. The maximum absolute atomic E-state index is 12.9. The molecule has 0 bridgehead atoms. The van der Waals surface area contributed by atoms with E-state index in [-0.39, 0.29) is 46.3 Å². The highest BCUT2D eigenvalue weighted by atomic mass is 16.2. The monoisotopic (exact) mass is 306 g/mol. The van der Waals surface area contributed by atoms with Gasteiger partial charge < -0.3 is 5.73 Å². The number of anilines is 1. The van der Waals surface area contributed by atoms with E-state index in [9.17, 15) is 14.4 Å². The summed E-state index contributed by atoms with van der Waals surface area (Å²) < 4.78 is 1.24. The van der Waals surface area contributed by atoms with E-state index in [1.165, 1.54) is 10.6 Å². The molecule has 23 heavy (non-hydrogen) atoms. The average Bonchev–Trinajstić information content (AvgIpc) is 2.46. The van der Waals surface area contributed by atoms with Crippen LogP contribution in [-0.2, 0) is 9.59 Å². The number of aromatic nitrogens is 2. The van der Waals surface area contributed by atoms with Gasteiger partial charge in [-0.2, -0.15) is 0 Å². The Morgan fingerprint density at radius 3 is 2.65 bits per heavy atom. The van der Waals surface area contributed by atoms with Crippen LogP contribution < -0.4 is 27.5 Å². The molecule has 1 saturated heterocycles. The van der Waals surface area contributed by atoms with Crippen molar-refractivity contribution in [2.24, 2.45) is 0 Å². The fraction of sp³-hybridized carbons (Fsp3) is 0.286. The second-order valence-electron chi connectivity index (χ2n) is 5.49. The zero-order chi connectivity index (χ0) is 16.9. The Morgan fingerprint density at radius 2 is 2.00 bits per heavy atom. The maximum atomic E-state index is 12.9. The van der Waals surface area contributed by atoms with E-state index in [1.54, 1.807) is 6.92 Å².